The van der Waals surface area contributed by atoms with Crippen LogP contribution in [0.1, 0.15) is 27.1 Å². The summed E-state index contributed by atoms with van der Waals surface area (Å²) in [6, 6.07) is 11.3. The van der Waals surface area contributed by atoms with Crippen LogP contribution in [0.3, 0.4) is 0 Å². The fourth-order valence-corrected chi connectivity index (χ4v) is 4.92. The Morgan fingerprint density at radius 2 is 1.59 bits per heavy atom. The maximum Gasteiger partial charge on any atom is 0.257 e. The largest absolute Gasteiger partial charge is 0.496 e. The van der Waals surface area contributed by atoms with E-state index in [4.69, 9.17) is 16.3 Å². The summed E-state index contributed by atoms with van der Waals surface area (Å²) in [5.74, 6) is 0.0524. The second-order valence-electron chi connectivity index (χ2n) is 7.57. The molecule has 172 valence electrons. The Kier molecular flexibility index (Phi) is 7.43. The van der Waals surface area contributed by atoms with Crippen molar-refractivity contribution in [3.63, 3.8) is 0 Å². The first-order chi connectivity index (χ1) is 15.2. The van der Waals surface area contributed by atoms with Gasteiger partial charge in [0.2, 0.25) is 10.0 Å². The van der Waals surface area contributed by atoms with Crippen molar-refractivity contribution in [2.75, 3.05) is 47.4 Å². The second kappa shape index (κ2) is 9.89. The zero-order valence-corrected chi connectivity index (χ0v) is 19.8. The molecule has 1 aliphatic heterocycles. The van der Waals surface area contributed by atoms with E-state index in [1.54, 1.807) is 34.1 Å². The lowest BCUT2D eigenvalue weighted by molar-refractivity contribution is 0.0716. The highest BCUT2D eigenvalue weighted by Crippen LogP contribution is 2.26. The quantitative estimate of drug-likeness (QED) is 0.657. The fourth-order valence-electron chi connectivity index (χ4n) is 3.53. The number of ether oxygens (including phenoxy) is 1. The lowest BCUT2D eigenvalue weighted by atomic mass is 10.1. The maximum absolute atomic E-state index is 13.1. The first-order valence-corrected chi connectivity index (χ1v) is 11.9. The molecule has 1 fully saturated rings. The van der Waals surface area contributed by atoms with E-state index in [0.29, 0.717) is 43.9 Å². The highest BCUT2D eigenvalue weighted by Gasteiger charge is 2.27. The van der Waals surface area contributed by atoms with Gasteiger partial charge in [-0.25, -0.2) is 12.7 Å². The number of carbonyl (C=O) groups excluding carboxylic acids is 2. The molecule has 0 unspecified atom stereocenters. The van der Waals surface area contributed by atoms with Gasteiger partial charge in [-0.3, -0.25) is 9.59 Å². The Labute approximate surface area is 193 Å². The van der Waals surface area contributed by atoms with Crippen LogP contribution < -0.4 is 4.74 Å². The monoisotopic (exact) mass is 479 g/mol. The molecule has 0 bridgehead atoms. The highest BCUT2D eigenvalue weighted by atomic mass is 35.5. The fraction of sp³-hybridized carbons (Fsp3) is 0.364. The maximum atomic E-state index is 13.1. The lowest BCUT2D eigenvalue weighted by Crippen LogP contribution is -2.37. The average Bonchev–Trinajstić information content (AvgIpc) is 3.04. The molecular weight excluding hydrogens is 454 g/mol. The van der Waals surface area contributed by atoms with Crippen molar-refractivity contribution < 1.29 is 22.7 Å². The molecule has 0 N–H and O–H groups in total. The van der Waals surface area contributed by atoms with Crippen molar-refractivity contribution in [3.8, 4) is 5.75 Å². The second-order valence-corrected chi connectivity index (χ2v) is 10.1. The number of methoxy groups -OCH3 is 1. The van der Waals surface area contributed by atoms with E-state index in [9.17, 15) is 18.0 Å². The molecule has 10 heteroatoms. The molecule has 2 amide bonds. The first kappa shape index (κ1) is 24.0. The van der Waals surface area contributed by atoms with E-state index in [1.807, 2.05) is 0 Å². The van der Waals surface area contributed by atoms with E-state index in [-0.39, 0.29) is 27.3 Å². The Hall–Kier alpha value is -2.62. The number of halogens is 1. The zero-order chi connectivity index (χ0) is 23.5. The normalized spacial score (nSPS) is 14.9. The highest BCUT2D eigenvalue weighted by molar-refractivity contribution is 7.89. The number of hydrogen-bond acceptors (Lipinski definition) is 5. The van der Waals surface area contributed by atoms with Crippen molar-refractivity contribution >= 4 is 33.4 Å². The topological polar surface area (TPSA) is 87.2 Å². The molecule has 0 radical (unpaired) electrons. The summed E-state index contributed by atoms with van der Waals surface area (Å²) in [7, 11) is 0.537. The van der Waals surface area contributed by atoms with Gasteiger partial charge in [0.15, 0.2) is 0 Å². The van der Waals surface area contributed by atoms with Gasteiger partial charge >= 0.3 is 0 Å². The van der Waals surface area contributed by atoms with Crippen molar-refractivity contribution in [2.24, 2.45) is 0 Å². The van der Waals surface area contributed by atoms with E-state index in [2.05, 4.69) is 0 Å². The average molecular weight is 480 g/mol. The minimum Gasteiger partial charge on any atom is -0.496 e. The molecular formula is C22H26ClN3O5S. The zero-order valence-electron chi connectivity index (χ0n) is 18.2. The van der Waals surface area contributed by atoms with Gasteiger partial charge in [-0.2, -0.15) is 0 Å². The molecule has 0 atom stereocenters. The number of carbonyl (C=O) groups is 2. The third-order valence-electron chi connectivity index (χ3n) is 5.34. The van der Waals surface area contributed by atoms with Gasteiger partial charge in [0.25, 0.3) is 11.8 Å². The summed E-state index contributed by atoms with van der Waals surface area (Å²) in [4.78, 5) is 29.3. The van der Waals surface area contributed by atoms with Gasteiger partial charge in [-0.15, -0.1) is 0 Å². The molecule has 1 heterocycles. The molecule has 8 nitrogen and oxygen atoms in total. The Balaban J connectivity index is 1.77. The molecule has 2 aromatic rings. The van der Waals surface area contributed by atoms with Gasteiger partial charge in [0.1, 0.15) is 10.6 Å². The van der Waals surface area contributed by atoms with Crippen LogP contribution in [0.4, 0.5) is 0 Å². The number of hydrogen-bond donors (Lipinski definition) is 0. The number of nitrogens with zero attached hydrogens (tertiary/aromatic N) is 3. The van der Waals surface area contributed by atoms with Gasteiger partial charge in [-0.05, 0) is 36.8 Å². The summed E-state index contributed by atoms with van der Waals surface area (Å²) in [6.45, 7) is 1.64. The van der Waals surface area contributed by atoms with Gasteiger partial charge in [0, 0.05) is 45.8 Å². The predicted octanol–water partition coefficient (Wildman–Crippen LogP) is 2.59. The lowest BCUT2D eigenvalue weighted by Gasteiger charge is -2.23. The standard InChI is InChI=1S/C22H26ClN3O5S/c1-24(2)32(29,30)20-15-16(9-10-18(20)23)21(27)25-11-6-12-26(14-13-25)22(28)17-7-4-5-8-19(17)31-3/h4-5,7-10,15H,6,11-14H2,1-3H3. The molecule has 0 saturated carbocycles. The third-order valence-corrected chi connectivity index (χ3v) is 7.64. The summed E-state index contributed by atoms with van der Waals surface area (Å²) >= 11 is 6.09. The Bertz CT molecular complexity index is 1120. The molecule has 1 saturated heterocycles. The van der Waals surface area contributed by atoms with Gasteiger partial charge in [0.05, 0.1) is 17.7 Å². The molecule has 3 rings (SSSR count). The van der Waals surface area contributed by atoms with E-state index in [0.717, 1.165) is 4.31 Å². The summed E-state index contributed by atoms with van der Waals surface area (Å²) in [6.07, 6.45) is 0.600. The van der Waals surface area contributed by atoms with E-state index >= 15 is 0 Å². The molecule has 32 heavy (non-hydrogen) atoms. The van der Waals surface area contributed by atoms with Crippen LogP contribution in [0.2, 0.25) is 5.02 Å². The van der Waals surface area contributed by atoms with Crippen LogP contribution >= 0.6 is 11.6 Å². The molecule has 0 aliphatic carbocycles. The van der Waals surface area contributed by atoms with Crippen LogP contribution in [0.15, 0.2) is 47.4 Å². The Morgan fingerprint density at radius 3 is 2.22 bits per heavy atom. The van der Waals surface area contributed by atoms with Gasteiger partial charge < -0.3 is 14.5 Å². The molecule has 2 aromatic carbocycles. The minimum absolute atomic E-state index is 0.0553. The van der Waals surface area contributed by atoms with Crippen LogP contribution in [0.5, 0.6) is 5.75 Å². The summed E-state index contributed by atoms with van der Waals surface area (Å²) < 4.78 is 31.4. The van der Waals surface area contributed by atoms with Crippen LogP contribution in [0, 0.1) is 0 Å². The van der Waals surface area contributed by atoms with Crippen LogP contribution in [-0.4, -0.2) is 81.7 Å². The van der Waals surface area contributed by atoms with E-state index in [1.165, 1.54) is 39.4 Å². The number of para-hydroxylation sites is 1. The third kappa shape index (κ3) is 4.90. The summed E-state index contributed by atoms with van der Waals surface area (Å²) in [5.41, 5.74) is 0.713. The SMILES string of the molecule is COc1ccccc1C(=O)N1CCCN(C(=O)c2ccc(Cl)c(S(=O)(=O)N(C)C)c2)CC1. The van der Waals surface area contributed by atoms with Crippen LogP contribution in [-0.2, 0) is 10.0 Å². The van der Waals surface area contributed by atoms with Crippen molar-refractivity contribution in [1.82, 2.24) is 14.1 Å². The van der Waals surface area contributed by atoms with Crippen molar-refractivity contribution in [3.05, 3.63) is 58.6 Å². The number of benzene rings is 2. The van der Waals surface area contributed by atoms with Crippen LogP contribution in [0.25, 0.3) is 0 Å². The molecule has 0 spiro atoms. The van der Waals surface area contributed by atoms with Crippen molar-refractivity contribution in [1.29, 1.82) is 0 Å². The van der Waals surface area contributed by atoms with Gasteiger partial charge in [-0.1, -0.05) is 23.7 Å². The predicted molar refractivity (Wildman–Crippen MR) is 122 cm³/mol. The number of rotatable bonds is 5. The Morgan fingerprint density at radius 1 is 0.969 bits per heavy atom. The first-order valence-electron chi connectivity index (χ1n) is 10.1. The number of amides is 2. The molecule has 0 aromatic heterocycles. The smallest absolute Gasteiger partial charge is 0.257 e. The summed E-state index contributed by atoms with van der Waals surface area (Å²) in [5, 5.41) is 0.0553. The number of sulfonamides is 1. The minimum atomic E-state index is -3.79. The van der Waals surface area contributed by atoms with Crippen molar-refractivity contribution in [2.45, 2.75) is 11.3 Å². The molecule has 1 aliphatic rings. The van der Waals surface area contributed by atoms with E-state index < -0.39 is 10.0 Å².